The van der Waals surface area contributed by atoms with Crippen molar-refractivity contribution in [1.82, 2.24) is 9.88 Å². The molecule has 1 aromatic carbocycles. The van der Waals surface area contributed by atoms with E-state index in [1.165, 1.54) is 19.2 Å². The highest BCUT2D eigenvalue weighted by atomic mass is 16.4. The number of carbonyl (C=O) groups excluding carboxylic acids is 1. The fourth-order valence-corrected chi connectivity index (χ4v) is 1.72. The Hall–Kier alpha value is -2.50. The van der Waals surface area contributed by atoms with Gasteiger partial charge >= 0.3 is 5.97 Å². The zero-order valence-corrected chi connectivity index (χ0v) is 9.67. The molecule has 0 saturated heterocycles. The summed E-state index contributed by atoms with van der Waals surface area (Å²) in [6.45, 7) is -0.362. The van der Waals surface area contributed by atoms with Gasteiger partial charge in [0.25, 0.3) is 5.91 Å². The number of aromatic hydroxyl groups is 1. The molecule has 0 spiro atoms. The number of hydrogen-bond acceptors (Lipinski definition) is 3. The number of carboxylic acid groups (broad SMARTS) is 1. The van der Waals surface area contributed by atoms with Crippen molar-refractivity contribution in [3.05, 3.63) is 30.0 Å². The average molecular weight is 248 g/mol. The van der Waals surface area contributed by atoms with E-state index in [1.807, 2.05) is 0 Å². The molecule has 2 aromatic rings. The molecule has 0 fully saturated rings. The Morgan fingerprint density at radius 1 is 1.33 bits per heavy atom. The lowest BCUT2D eigenvalue weighted by Crippen LogP contribution is -2.32. The van der Waals surface area contributed by atoms with E-state index in [4.69, 9.17) is 5.11 Å². The van der Waals surface area contributed by atoms with Crippen LogP contribution in [0.1, 0.15) is 10.5 Å². The monoisotopic (exact) mass is 248 g/mol. The van der Waals surface area contributed by atoms with E-state index in [2.05, 4.69) is 4.98 Å². The van der Waals surface area contributed by atoms with Gasteiger partial charge in [-0.05, 0) is 24.3 Å². The second-order valence-corrected chi connectivity index (χ2v) is 4.01. The van der Waals surface area contributed by atoms with Crippen molar-refractivity contribution in [3.8, 4) is 5.75 Å². The van der Waals surface area contributed by atoms with Gasteiger partial charge in [0.2, 0.25) is 0 Å². The molecule has 0 aliphatic carbocycles. The number of rotatable bonds is 3. The van der Waals surface area contributed by atoms with Gasteiger partial charge in [-0.15, -0.1) is 0 Å². The van der Waals surface area contributed by atoms with Gasteiger partial charge in [-0.25, -0.2) is 0 Å². The maximum atomic E-state index is 11.9. The number of phenolic OH excluding ortho intramolecular Hbond substituents is 1. The van der Waals surface area contributed by atoms with Gasteiger partial charge in [0.15, 0.2) is 0 Å². The number of phenols is 1. The molecule has 0 bridgehead atoms. The lowest BCUT2D eigenvalue weighted by Gasteiger charge is -2.12. The number of aromatic amines is 1. The molecule has 0 aliphatic heterocycles. The Morgan fingerprint density at radius 2 is 2.06 bits per heavy atom. The summed E-state index contributed by atoms with van der Waals surface area (Å²) < 4.78 is 0. The summed E-state index contributed by atoms with van der Waals surface area (Å²) in [5.74, 6) is -1.37. The van der Waals surface area contributed by atoms with E-state index in [0.717, 1.165) is 4.90 Å². The molecule has 3 N–H and O–H groups in total. The maximum absolute atomic E-state index is 11.9. The van der Waals surface area contributed by atoms with Crippen LogP contribution in [0.3, 0.4) is 0 Å². The first-order chi connectivity index (χ1) is 8.47. The molecule has 6 heteroatoms. The number of fused-ring (bicyclic) bond motifs is 1. The normalized spacial score (nSPS) is 10.5. The Morgan fingerprint density at radius 3 is 2.72 bits per heavy atom. The number of H-pyrrole nitrogens is 1. The van der Waals surface area contributed by atoms with Crippen LogP contribution in [-0.2, 0) is 4.79 Å². The van der Waals surface area contributed by atoms with Crippen LogP contribution < -0.4 is 0 Å². The molecular formula is C12H12N2O4. The van der Waals surface area contributed by atoms with E-state index in [-0.39, 0.29) is 12.3 Å². The number of aliphatic carboxylic acids is 1. The predicted octanol–water partition coefficient (Wildman–Crippen LogP) is 1.03. The summed E-state index contributed by atoms with van der Waals surface area (Å²) in [5.41, 5.74) is 0.999. The van der Waals surface area contributed by atoms with Crippen molar-refractivity contribution < 1.29 is 19.8 Å². The number of carboxylic acids is 1. The highest BCUT2D eigenvalue weighted by Gasteiger charge is 2.16. The summed E-state index contributed by atoms with van der Waals surface area (Å²) >= 11 is 0. The molecule has 0 atom stereocenters. The molecule has 0 saturated carbocycles. The summed E-state index contributed by atoms with van der Waals surface area (Å²) in [4.78, 5) is 26.4. The molecule has 6 nitrogen and oxygen atoms in total. The minimum atomic E-state index is -1.07. The Labute approximate surface area is 102 Å². The van der Waals surface area contributed by atoms with Crippen LogP contribution in [0.5, 0.6) is 5.75 Å². The second kappa shape index (κ2) is 4.40. The molecule has 1 heterocycles. The number of benzene rings is 1. The van der Waals surface area contributed by atoms with Gasteiger partial charge in [-0.2, -0.15) is 0 Å². The molecule has 1 aromatic heterocycles. The zero-order valence-electron chi connectivity index (χ0n) is 9.67. The molecule has 0 unspecified atom stereocenters. The van der Waals surface area contributed by atoms with Crippen LogP contribution in [0.25, 0.3) is 10.9 Å². The standard InChI is InChI=1S/C12H12N2O4/c1-14(6-11(16)17)12(18)10-5-7-4-8(15)2-3-9(7)13-10/h2-5,13,15H,6H2,1H3,(H,16,17). The van der Waals surface area contributed by atoms with E-state index in [9.17, 15) is 14.7 Å². The Kier molecular flexibility index (Phi) is 2.93. The fraction of sp³-hybridized carbons (Fsp3) is 0.167. The van der Waals surface area contributed by atoms with Crippen molar-refractivity contribution in [3.63, 3.8) is 0 Å². The summed E-state index contributed by atoms with van der Waals surface area (Å²) in [5, 5.41) is 18.6. The van der Waals surface area contributed by atoms with Crippen LogP contribution >= 0.6 is 0 Å². The number of nitrogens with zero attached hydrogens (tertiary/aromatic N) is 1. The molecule has 0 aliphatic rings. The fourth-order valence-electron chi connectivity index (χ4n) is 1.72. The number of amides is 1. The maximum Gasteiger partial charge on any atom is 0.323 e. The first-order valence-corrected chi connectivity index (χ1v) is 5.26. The van der Waals surface area contributed by atoms with E-state index in [0.29, 0.717) is 16.6 Å². The molecule has 2 rings (SSSR count). The van der Waals surface area contributed by atoms with Gasteiger partial charge in [0.1, 0.15) is 18.0 Å². The van der Waals surface area contributed by atoms with E-state index in [1.54, 1.807) is 12.1 Å². The third kappa shape index (κ3) is 2.27. The van der Waals surface area contributed by atoms with Crippen molar-refractivity contribution in [2.75, 3.05) is 13.6 Å². The Balaban J connectivity index is 2.30. The predicted molar refractivity (Wildman–Crippen MR) is 64.6 cm³/mol. The van der Waals surface area contributed by atoms with Gasteiger partial charge in [0, 0.05) is 18.0 Å². The topological polar surface area (TPSA) is 93.6 Å². The minimum absolute atomic E-state index is 0.111. The summed E-state index contributed by atoms with van der Waals surface area (Å²) in [6, 6.07) is 6.27. The van der Waals surface area contributed by atoms with Gasteiger partial charge < -0.3 is 20.1 Å². The van der Waals surface area contributed by atoms with Crippen molar-refractivity contribution in [2.24, 2.45) is 0 Å². The van der Waals surface area contributed by atoms with Crippen LogP contribution in [0.4, 0.5) is 0 Å². The van der Waals surface area contributed by atoms with Crippen LogP contribution in [0.15, 0.2) is 24.3 Å². The minimum Gasteiger partial charge on any atom is -0.508 e. The van der Waals surface area contributed by atoms with Crippen molar-refractivity contribution >= 4 is 22.8 Å². The summed E-state index contributed by atoms with van der Waals surface area (Å²) in [6.07, 6.45) is 0. The highest BCUT2D eigenvalue weighted by molar-refractivity contribution is 5.99. The second-order valence-electron chi connectivity index (χ2n) is 4.01. The smallest absolute Gasteiger partial charge is 0.323 e. The molecule has 0 radical (unpaired) electrons. The zero-order chi connectivity index (χ0) is 13.3. The van der Waals surface area contributed by atoms with E-state index < -0.39 is 11.9 Å². The third-order valence-electron chi connectivity index (χ3n) is 2.55. The SMILES string of the molecule is CN(CC(=O)O)C(=O)c1cc2cc(O)ccc2[nH]1. The molecule has 94 valence electrons. The quantitative estimate of drug-likeness (QED) is 0.756. The van der Waals surface area contributed by atoms with Crippen LogP contribution in [-0.4, -0.2) is 45.6 Å². The summed E-state index contributed by atoms with van der Waals surface area (Å²) in [7, 11) is 1.42. The number of carbonyl (C=O) groups is 2. The molecular weight excluding hydrogens is 236 g/mol. The molecule has 18 heavy (non-hydrogen) atoms. The van der Waals surface area contributed by atoms with Crippen molar-refractivity contribution in [2.45, 2.75) is 0 Å². The largest absolute Gasteiger partial charge is 0.508 e. The number of aromatic nitrogens is 1. The first kappa shape index (κ1) is 12.0. The lowest BCUT2D eigenvalue weighted by molar-refractivity contribution is -0.137. The third-order valence-corrected chi connectivity index (χ3v) is 2.55. The highest BCUT2D eigenvalue weighted by Crippen LogP contribution is 2.21. The number of nitrogens with one attached hydrogen (secondary N) is 1. The van der Waals surface area contributed by atoms with Gasteiger partial charge in [0.05, 0.1) is 0 Å². The number of likely N-dealkylation sites (N-methyl/N-ethyl adjacent to an activating group) is 1. The first-order valence-electron chi connectivity index (χ1n) is 5.26. The van der Waals surface area contributed by atoms with E-state index >= 15 is 0 Å². The number of hydrogen-bond donors (Lipinski definition) is 3. The Bertz CT molecular complexity index is 618. The molecule has 1 amide bonds. The lowest BCUT2D eigenvalue weighted by atomic mass is 10.2. The van der Waals surface area contributed by atoms with Crippen LogP contribution in [0, 0.1) is 0 Å². The van der Waals surface area contributed by atoms with Crippen LogP contribution in [0.2, 0.25) is 0 Å². The van der Waals surface area contributed by atoms with Gasteiger partial charge in [-0.3, -0.25) is 9.59 Å². The van der Waals surface area contributed by atoms with Gasteiger partial charge in [-0.1, -0.05) is 0 Å². The van der Waals surface area contributed by atoms with Crippen molar-refractivity contribution in [1.29, 1.82) is 0 Å². The average Bonchev–Trinajstić information content (AvgIpc) is 2.69.